The summed E-state index contributed by atoms with van der Waals surface area (Å²) >= 11 is 0. The van der Waals surface area contributed by atoms with E-state index in [0.29, 0.717) is 30.5 Å². The van der Waals surface area contributed by atoms with E-state index in [1.807, 2.05) is 12.1 Å². The minimum Gasteiger partial charge on any atom is -0.440 e. The molecule has 0 bridgehead atoms. The molecule has 0 spiro atoms. The van der Waals surface area contributed by atoms with Crippen molar-refractivity contribution < 1.29 is 18.8 Å². The first-order valence-electron chi connectivity index (χ1n) is 8.68. The van der Waals surface area contributed by atoms with Gasteiger partial charge in [0.25, 0.3) is 0 Å². The molecule has 6 N–H and O–H groups in total. The lowest BCUT2D eigenvalue weighted by Crippen LogP contribution is -2.58. The molecule has 0 saturated heterocycles. The largest absolute Gasteiger partial charge is 0.440 e. The quantitative estimate of drug-likeness (QED) is 0.483. The molecule has 0 saturated carbocycles. The van der Waals surface area contributed by atoms with Gasteiger partial charge >= 0.3 is 0 Å². The predicted molar refractivity (Wildman–Crippen MR) is 99.3 cm³/mol. The maximum atomic E-state index is 12.5. The molecule has 146 valence electrons. The molecule has 9 nitrogen and oxygen atoms in total. The second-order valence-corrected chi connectivity index (χ2v) is 6.78. The zero-order chi connectivity index (χ0) is 20.0. The summed E-state index contributed by atoms with van der Waals surface area (Å²) in [6, 6.07) is 6.33. The number of para-hydroxylation sites is 2. The van der Waals surface area contributed by atoms with Gasteiger partial charge in [-0.05, 0) is 45.4 Å². The fourth-order valence-electron chi connectivity index (χ4n) is 2.43. The summed E-state index contributed by atoms with van der Waals surface area (Å²) in [6.45, 7) is 3.35. The van der Waals surface area contributed by atoms with E-state index in [0.717, 1.165) is 0 Å². The lowest BCUT2D eigenvalue weighted by molar-refractivity contribution is -0.133. The number of amides is 3. The molecule has 2 rings (SSSR count). The third-order valence-electron chi connectivity index (χ3n) is 4.05. The number of oxazole rings is 1. The summed E-state index contributed by atoms with van der Waals surface area (Å²) < 4.78 is 5.52. The van der Waals surface area contributed by atoms with Gasteiger partial charge in [-0.2, -0.15) is 0 Å². The fraction of sp³-hybridized carbons (Fsp3) is 0.444. The SMILES string of the molecule is CC(C)(NC(=O)[C@@H](CCCN)NC(=O)Cc1nc2ccccc2o1)C(N)=O. The molecule has 0 unspecified atom stereocenters. The van der Waals surface area contributed by atoms with Crippen molar-refractivity contribution in [2.24, 2.45) is 11.5 Å². The molecular weight excluding hydrogens is 350 g/mol. The highest BCUT2D eigenvalue weighted by atomic mass is 16.3. The Labute approximate surface area is 156 Å². The maximum Gasteiger partial charge on any atom is 0.243 e. The third kappa shape index (κ3) is 5.52. The van der Waals surface area contributed by atoms with E-state index in [4.69, 9.17) is 15.9 Å². The Hall–Kier alpha value is -2.94. The van der Waals surface area contributed by atoms with Crippen LogP contribution in [0.1, 0.15) is 32.6 Å². The van der Waals surface area contributed by atoms with E-state index in [1.165, 1.54) is 13.8 Å². The number of aromatic nitrogens is 1. The predicted octanol–water partition coefficient (Wildman–Crippen LogP) is -0.0259. The number of benzene rings is 1. The van der Waals surface area contributed by atoms with Gasteiger partial charge in [0, 0.05) is 0 Å². The number of carbonyl (C=O) groups is 3. The standard InChI is InChI=1S/C18H25N5O4/c1-18(2,17(20)26)23-16(25)12(7-5-9-19)21-14(24)10-15-22-11-6-3-4-8-13(11)27-15/h3-4,6,8,12H,5,7,9-10,19H2,1-2H3,(H2,20,26)(H,21,24)(H,23,25)/t12-/m1/s1. The zero-order valence-corrected chi connectivity index (χ0v) is 15.5. The molecular formula is C18H25N5O4. The van der Waals surface area contributed by atoms with Crippen LogP contribution in [-0.2, 0) is 20.8 Å². The van der Waals surface area contributed by atoms with Crippen molar-refractivity contribution in [2.75, 3.05) is 6.54 Å². The molecule has 9 heteroatoms. The van der Waals surface area contributed by atoms with E-state index in [1.54, 1.807) is 12.1 Å². The molecule has 3 amide bonds. The Kier molecular flexibility index (Phi) is 6.51. The Morgan fingerprint density at radius 2 is 1.96 bits per heavy atom. The van der Waals surface area contributed by atoms with E-state index >= 15 is 0 Å². The summed E-state index contributed by atoms with van der Waals surface area (Å²) in [6.07, 6.45) is 0.745. The highest BCUT2D eigenvalue weighted by molar-refractivity contribution is 5.93. The molecule has 0 aliphatic carbocycles. The lowest BCUT2D eigenvalue weighted by Gasteiger charge is -2.26. The number of nitrogens with two attached hydrogens (primary N) is 2. The van der Waals surface area contributed by atoms with Gasteiger partial charge in [-0.3, -0.25) is 14.4 Å². The highest BCUT2D eigenvalue weighted by Gasteiger charge is 2.31. The number of fused-ring (bicyclic) bond motifs is 1. The minimum atomic E-state index is -1.23. The molecule has 2 aromatic rings. The Morgan fingerprint density at radius 1 is 1.26 bits per heavy atom. The van der Waals surface area contributed by atoms with Crippen molar-refractivity contribution in [1.29, 1.82) is 0 Å². The van der Waals surface area contributed by atoms with Crippen LogP contribution >= 0.6 is 0 Å². The lowest BCUT2D eigenvalue weighted by atomic mass is 10.0. The number of primary amides is 1. The molecule has 0 fully saturated rings. The molecule has 1 aromatic heterocycles. The van der Waals surface area contributed by atoms with Crippen molar-refractivity contribution in [1.82, 2.24) is 15.6 Å². The molecule has 0 aliphatic rings. The van der Waals surface area contributed by atoms with Crippen LogP contribution in [-0.4, -0.2) is 40.8 Å². The van der Waals surface area contributed by atoms with Gasteiger partial charge in [0.05, 0.1) is 0 Å². The average Bonchev–Trinajstić information content (AvgIpc) is 2.99. The third-order valence-corrected chi connectivity index (χ3v) is 4.05. The number of nitrogens with one attached hydrogen (secondary N) is 2. The summed E-state index contributed by atoms with van der Waals surface area (Å²) in [5.74, 6) is -1.34. The van der Waals surface area contributed by atoms with Gasteiger partial charge in [0.1, 0.15) is 23.5 Å². The van der Waals surface area contributed by atoms with Gasteiger partial charge in [0.15, 0.2) is 5.58 Å². The topological polar surface area (TPSA) is 153 Å². The van der Waals surface area contributed by atoms with Gasteiger partial charge in [-0.15, -0.1) is 0 Å². The van der Waals surface area contributed by atoms with Crippen LogP contribution in [0.2, 0.25) is 0 Å². The van der Waals surface area contributed by atoms with Crippen LogP contribution in [0.4, 0.5) is 0 Å². The number of hydrogen-bond acceptors (Lipinski definition) is 6. The zero-order valence-electron chi connectivity index (χ0n) is 15.5. The number of carbonyl (C=O) groups excluding carboxylic acids is 3. The molecule has 1 atom stereocenters. The first-order chi connectivity index (χ1) is 12.7. The van der Waals surface area contributed by atoms with E-state index in [-0.39, 0.29) is 12.3 Å². The monoisotopic (exact) mass is 375 g/mol. The fourth-order valence-corrected chi connectivity index (χ4v) is 2.43. The molecule has 0 radical (unpaired) electrons. The number of nitrogens with zero attached hydrogens (tertiary/aromatic N) is 1. The normalized spacial score (nSPS) is 12.6. The second kappa shape index (κ2) is 8.63. The van der Waals surface area contributed by atoms with Crippen LogP contribution in [0.15, 0.2) is 28.7 Å². The van der Waals surface area contributed by atoms with Gasteiger partial charge in [0.2, 0.25) is 23.6 Å². The highest BCUT2D eigenvalue weighted by Crippen LogP contribution is 2.15. The van der Waals surface area contributed by atoms with Gasteiger partial charge < -0.3 is 26.5 Å². The summed E-state index contributed by atoms with van der Waals surface area (Å²) in [7, 11) is 0. The smallest absolute Gasteiger partial charge is 0.243 e. The van der Waals surface area contributed by atoms with Gasteiger partial charge in [-0.1, -0.05) is 12.1 Å². The summed E-state index contributed by atoms with van der Waals surface area (Å²) in [5.41, 5.74) is 10.8. The Bertz CT molecular complexity index is 797. The van der Waals surface area contributed by atoms with Crippen molar-refractivity contribution in [2.45, 2.75) is 44.7 Å². The first-order valence-corrected chi connectivity index (χ1v) is 8.68. The van der Waals surface area contributed by atoms with E-state index in [9.17, 15) is 14.4 Å². The molecule has 27 heavy (non-hydrogen) atoms. The minimum absolute atomic E-state index is 0.111. The van der Waals surface area contributed by atoms with E-state index < -0.39 is 29.3 Å². The van der Waals surface area contributed by atoms with Crippen LogP contribution in [0.3, 0.4) is 0 Å². The maximum absolute atomic E-state index is 12.5. The van der Waals surface area contributed by atoms with Gasteiger partial charge in [-0.25, -0.2) is 4.98 Å². The number of rotatable bonds is 9. The van der Waals surface area contributed by atoms with Crippen LogP contribution in [0, 0.1) is 0 Å². The first kappa shape index (κ1) is 20.4. The Morgan fingerprint density at radius 3 is 2.59 bits per heavy atom. The Balaban J connectivity index is 2.04. The second-order valence-electron chi connectivity index (χ2n) is 6.78. The molecule has 0 aliphatic heterocycles. The molecule has 1 aromatic carbocycles. The van der Waals surface area contributed by atoms with Crippen molar-refractivity contribution >= 4 is 28.8 Å². The van der Waals surface area contributed by atoms with Crippen LogP contribution < -0.4 is 22.1 Å². The molecule has 1 heterocycles. The van der Waals surface area contributed by atoms with Crippen LogP contribution in [0.5, 0.6) is 0 Å². The summed E-state index contributed by atoms with van der Waals surface area (Å²) in [5, 5.41) is 5.19. The van der Waals surface area contributed by atoms with E-state index in [2.05, 4.69) is 15.6 Å². The van der Waals surface area contributed by atoms with Crippen molar-refractivity contribution in [3.05, 3.63) is 30.2 Å². The van der Waals surface area contributed by atoms with Crippen LogP contribution in [0.25, 0.3) is 11.1 Å². The average molecular weight is 375 g/mol. The number of hydrogen-bond donors (Lipinski definition) is 4. The summed E-state index contributed by atoms with van der Waals surface area (Å²) in [4.78, 5) is 40.5. The van der Waals surface area contributed by atoms with Crippen molar-refractivity contribution in [3.63, 3.8) is 0 Å². The van der Waals surface area contributed by atoms with Crippen molar-refractivity contribution in [3.8, 4) is 0 Å².